The van der Waals surface area contributed by atoms with Crippen molar-refractivity contribution in [2.45, 2.75) is 20.8 Å². The lowest BCUT2D eigenvalue weighted by atomic mass is 10.0. The van der Waals surface area contributed by atoms with Crippen LogP contribution in [0.4, 0.5) is 5.69 Å². The third-order valence-electron chi connectivity index (χ3n) is 2.47. The van der Waals surface area contributed by atoms with Gasteiger partial charge in [0.15, 0.2) is 0 Å². The number of rotatable bonds is 3. The molecule has 0 saturated carbocycles. The number of hydrogen-bond acceptors (Lipinski definition) is 2. The van der Waals surface area contributed by atoms with Gasteiger partial charge in [-0.2, -0.15) is 0 Å². The Labute approximate surface area is 84.1 Å². The Morgan fingerprint density at radius 1 is 1.29 bits per heavy atom. The Hall–Kier alpha value is -1.51. The molecule has 0 aromatic heterocycles. The maximum atomic E-state index is 10.4. The molecule has 3 heteroatoms. The normalized spacial score (nSPS) is 9.71. The Morgan fingerprint density at radius 2 is 1.93 bits per heavy atom. The van der Waals surface area contributed by atoms with Crippen molar-refractivity contribution in [3.05, 3.63) is 22.8 Å². The number of nitrogens with one attached hydrogen (secondary N) is 1. The second-order valence-electron chi connectivity index (χ2n) is 3.28. The minimum atomic E-state index is 0.696. The smallest absolute Gasteiger partial charge is 0.211 e. The van der Waals surface area contributed by atoms with E-state index in [-0.39, 0.29) is 0 Å². The van der Waals surface area contributed by atoms with Gasteiger partial charge in [-0.25, -0.2) is 0 Å². The highest BCUT2D eigenvalue weighted by atomic mass is 16.5. The Bertz CT molecular complexity index is 359. The summed E-state index contributed by atoms with van der Waals surface area (Å²) in [7, 11) is 1.65. The predicted octanol–water partition coefficient (Wildman–Crippen LogP) is 2.19. The average molecular weight is 193 g/mol. The van der Waals surface area contributed by atoms with Crippen molar-refractivity contribution < 1.29 is 9.53 Å². The Balaban J connectivity index is 3.32. The van der Waals surface area contributed by atoms with Gasteiger partial charge in [0, 0.05) is 5.69 Å². The fraction of sp³-hybridized carbons (Fsp3) is 0.364. The molecule has 0 saturated heterocycles. The van der Waals surface area contributed by atoms with Crippen molar-refractivity contribution >= 4 is 12.1 Å². The molecule has 1 N–H and O–H groups in total. The summed E-state index contributed by atoms with van der Waals surface area (Å²) in [5, 5.41) is 2.70. The first kappa shape index (κ1) is 10.6. The number of aryl methyl sites for hydroxylation is 1. The van der Waals surface area contributed by atoms with Crippen LogP contribution in [-0.2, 0) is 4.79 Å². The van der Waals surface area contributed by atoms with Crippen molar-refractivity contribution in [1.82, 2.24) is 0 Å². The quantitative estimate of drug-likeness (QED) is 0.747. The summed E-state index contributed by atoms with van der Waals surface area (Å²) in [6, 6.07) is 1.92. The van der Waals surface area contributed by atoms with Gasteiger partial charge in [-0.15, -0.1) is 0 Å². The molecular formula is C11H15NO2. The van der Waals surface area contributed by atoms with E-state index in [2.05, 4.69) is 5.32 Å². The number of hydrogen-bond donors (Lipinski definition) is 1. The van der Waals surface area contributed by atoms with Crippen LogP contribution in [0.3, 0.4) is 0 Å². The first-order chi connectivity index (χ1) is 6.61. The number of anilines is 1. The fourth-order valence-electron chi connectivity index (χ4n) is 1.54. The molecule has 0 fully saturated rings. The van der Waals surface area contributed by atoms with Gasteiger partial charge in [-0.3, -0.25) is 4.79 Å². The summed E-state index contributed by atoms with van der Waals surface area (Å²) < 4.78 is 5.22. The van der Waals surface area contributed by atoms with E-state index in [4.69, 9.17) is 4.74 Å². The lowest BCUT2D eigenvalue weighted by Gasteiger charge is -2.14. The zero-order chi connectivity index (χ0) is 10.7. The molecule has 0 aliphatic rings. The van der Waals surface area contributed by atoms with Crippen LogP contribution in [0, 0.1) is 20.8 Å². The van der Waals surface area contributed by atoms with Crippen molar-refractivity contribution in [3.63, 3.8) is 0 Å². The monoisotopic (exact) mass is 193 g/mol. The van der Waals surface area contributed by atoms with Crippen LogP contribution in [0.1, 0.15) is 16.7 Å². The van der Waals surface area contributed by atoms with Crippen molar-refractivity contribution in [2.75, 3.05) is 12.4 Å². The van der Waals surface area contributed by atoms with Crippen molar-refractivity contribution in [1.29, 1.82) is 0 Å². The molecule has 1 aromatic rings. The van der Waals surface area contributed by atoms with Crippen LogP contribution >= 0.6 is 0 Å². The van der Waals surface area contributed by atoms with Gasteiger partial charge in [0.05, 0.1) is 7.11 Å². The molecule has 76 valence electrons. The molecule has 0 atom stereocenters. The maximum Gasteiger partial charge on any atom is 0.211 e. The molecular weight excluding hydrogens is 178 g/mol. The van der Waals surface area contributed by atoms with Gasteiger partial charge in [0.1, 0.15) is 5.75 Å². The van der Waals surface area contributed by atoms with Crippen LogP contribution in [0.2, 0.25) is 0 Å². The molecule has 0 aliphatic carbocycles. The largest absolute Gasteiger partial charge is 0.496 e. The van der Waals surface area contributed by atoms with E-state index in [1.54, 1.807) is 7.11 Å². The number of carbonyl (C=O) groups excluding carboxylic acids is 1. The van der Waals surface area contributed by atoms with Crippen LogP contribution in [-0.4, -0.2) is 13.5 Å². The van der Waals surface area contributed by atoms with Gasteiger partial charge in [-0.1, -0.05) is 0 Å². The fourth-order valence-corrected chi connectivity index (χ4v) is 1.54. The second kappa shape index (κ2) is 4.13. The maximum absolute atomic E-state index is 10.4. The van der Waals surface area contributed by atoms with E-state index < -0.39 is 0 Å². The van der Waals surface area contributed by atoms with Crippen LogP contribution < -0.4 is 10.1 Å². The summed E-state index contributed by atoms with van der Waals surface area (Å²) >= 11 is 0. The van der Waals surface area contributed by atoms with E-state index in [9.17, 15) is 4.79 Å². The van der Waals surface area contributed by atoms with Crippen molar-refractivity contribution in [3.8, 4) is 5.75 Å². The minimum absolute atomic E-state index is 0.696. The summed E-state index contributed by atoms with van der Waals surface area (Å²) in [6.45, 7) is 5.89. The van der Waals surface area contributed by atoms with Gasteiger partial charge in [-0.05, 0) is 43.5 Å². The number of ether oxygens (including phenoxy) is 1. The highest BCUT2D eigenvalue weighted by Gasteiger charge is 2.09. The summed E-state index contributed by atoms with van der Waals surface area (Å²) in [4.78, 5) is 10.4. The Kier molecular flexibility index (Phi) is 3.12. The molecule has 0 radical (unpaired) electrons. The highest BCUT2D eigenvalue weighted by Crippen LogP contribution is 2.30. The summed E-state index contributed by atoms with van der Waals surface area (Å²) in [5.41, 5.74) is 3.99. The highest BCUT2D eigenvalue weighted by molar-refractivity contribution is 5.77. The van der Waals surface area contributed by atoms with Gasteiger partial charge in [0.2, 0.25) is 6.41 Å². The zero-order valence-corrected chi connectivity index (χ0v) is 8.97. The standard InChI is InChI=1S/C11H15NO2/c1-7-5-10(14-4)8(2)9(3)11(7)12-6-13/h5-6H,1-4H3,(H,12,13). The molecule has 0 heterocycles. The first-order valence-corrected chi connectivity index (χ1v) is 4.46. The number of benzene rings is 1. The zero-order valence-electron chi connectivity index (χ0n) is 8.97. The molecule has 14 heavy (non-hydrogen) atoms. The minimum Gasteiger partial charge on any atom is -0.496 e. The number of methoxy groups -OCH3 is 1. The molecule has 0 unspecified atom stereocenters. The van der Waals surface area contributed by atoms with E-state index in [0.29, 0.717) is 6.41 Å². The average Bonchev–Trinajstić information content (AvgIpc) is 2.18. The second-order valence-corrected chi connectivity index (χ2v) is 3.28. The lowest BCUT2D eigenvalue weighted by molar-refractivity contribution is -0.105. The van der Waals surface area contributed by atoms with E-state index in [1.807, 2.05) is 26.8 Å². The molecule has 3 nitrogen and oxygen atoms in total. The van der Waals surface area contributed by atoms with Gasteiger partial charge >= 0.3 is 0 Å². The SMILES string of the molecule is COc1cc(C)c(NC=O)c(C)c1C. The van der Waals surface area contributed by atoms with Crippen molar-refractivity contribution in [2.24, 2.45) is 0 Å². The molecule has 0 spiro atoms. The number of carbonyl (C=O) groups is 1. The molecule has 0 aliphatic heterocycles. The predicted molar refractivity (Wildman–Crippen MR) is 56.9 cm³/mol. The summed E-state index contributed by atoms with van der Waals surface area (Å²) in [6.07, 6.45) is 0.696. The van der Waals surface area contributed by atoms with E-state index in [0.717, 1.165) is 28.1 Å². The molecule has 1 rings (SSSR count). The Morgan fingerprint density at radius 3 is 2.43 bits per heavy atom. The number of amides is 1. The van der Waals surface area contributed by atoms with E-state index in [1.165, 1.54) is 0 Å². The van der Waals surface area contributed by atoms with Gasteiger partial charge < -0.3 is 10.1 Å². The summed E-state index contributed by atoms with van der Waals surface area (Å²) in [5.74, 6) is 0.858. The third-order valence-corrected chi connectivity index (χ3v) is 2.47. The molecule has 1 aromatic carbocycles. The third kappa shape index (κ3) is 1.71. The topological polar surface area (TPSA) is 38.3 Å². The van der Waals surface area contributed by atoms with Crippen LogP contribution in [0.15, 0.2) is 6.07 Å². The molecule has 0 bridgehead atoms. The van der Waals surface area contributed by atoms with Gasteiger partial charge in [0.25, 0.3) is 0 Å². The lowest BCUT2D eigenvalue weighted by Crippen LogP contribution is -2.02. The first-order valence-electron chi connectivity index (χ1n) is 4.46. The van der Waals surface area contributed by atoms with Crippen LogP contribution in [0.25, 0.3) is 0 Å². The van der Waals surface area contributed by atoms with Crippen LogP contribution in [0.5, 0.6) is 5.75 Å². The molecule has 1 amide bonds. The van der Waals surface area contributed by atoms with E-state index >= 15 is 0 Å².